The van der Waals surface area contributed by atoms with Gasteiger partial charge in [0.2, 0.25) is 11.9 Å². The largest absolute Gasteiger partial charge is 0.497 e. The number of imidazole rings is 1. The fourth-order valence-electron chi connectivity index (χ4n) is 6.47. The lowest BCUT2D eigenvalue weighted by molar-refractivity contribution is -0.131. The normalized spacial score (nSPS) is 22.5. The minimum absolute atomic E-state index is 0.169. The Morgan fingerprint density at radius 1 is 0.950 bits per heavy atom. The number of amides is 1. The molecule has 1 aliphatic heterocycles. The maximum absolute atomic E-state index is 13.0. The molecule has 6 rings (SSSR count). The number of piperidine rings is 1. The van der Waals surface area contributed by atoms with Crippen LogP contribution in [-0.4, -0.2) is 68.7 Å². The summed E-state index contributed by atoms with van der Waals surface area (Å²) in [6, 6.07) is 9.05. The minimum Gasteiger partial charge on any atom is -0.497 e. The Bertz CT molecular complexity index is 1290. The lowest BCUT2D eigenvalue weighted by atomic mass is 9.92. The summed E-state index contributed by atoms with van der Waals surface area (Å²) in [6.07, 6.45) is 13.1. The van der Waals surface area contributed by atoms with Crippen LogP contribution in [0.5, 0.6) is 5.75 Å². The Balaban J connectivity index is 1.14. The van der Waals surface area contributed by atoms with Crippen LogP contribution in [-0.2, 0) is 11.2 Å². The zero-order valence-electron chi connectivity index (χ0n) is 23.5. The number of benzene rings is 1. The molecule has 3 aromatic rings. The molecule has 40 heavy (non-hydrogen) atoms. The van der Waals surface area contributed by atoms with Crippen molar-refractivity contribution in [2.24, 2.45) is 5.73 Å². The maximum atomic E-state index is 13.0. The second-order valence-electron chi connectivity index (χ2n) is 11.7. The number of methoxy groups -OCH3 is 1. The first-order chi connectivity index (χ1) is 19.6. The number of likely N-dealkylation sites (tertiary alicyclic amines) is 1. The third kappa shape index (κ3) is 6.01. The van der Waals surface area contributed by atoms with Gasteiger partial charge in [-0.3, -0.25) is 4.79 Å². The summed E-state index contributed by atoms with van der Waals surface area (Å²) >= 11 is 0. The molecule has 2 saturated carbocycles. The average molecular weight is 547 g/mol. The van der Waals surface area contributed by atoms with Crippen LogP contribution >= 0.6 is 0 Å². The van der Waals surface area contributed by atoms with E-state index in [1.807, 2.05) is 35.5 Å². The predicted octanol–water partition coefficient (Wildman–Crippen LogP) is 4.28. The van der Waals surface area contributed by atoms with Crippen molar-refractivity contribution in [1.82, 2.24) is 24.4 Å². The number of anilines is 2. The van der Waals surface area contributed by atoms with Gasteiger partial charge in [0.1, 0.15) is 5.75 Å². The summed E-state index contributed by atoms with van der Waals surface area (Å²) in [6.45, 7) is 1.45. The number of ether oxygens (including phenoxy) is 1. The van der Waals surface area contributed by atoms with Crippen LogP contribution in [0, 0.1) is 0 Å². The van der Waals surface area contributed by atoms with E-state index in [1.165, 1.54) is 25.7 Å². The van der Waals surface area contributed by atoms with Gasteiger partial charge in [0.15, 0.2) is 17.0 Å². The van der Waals surface area contributed by atoms with Crippen molar-refractivity contribution < 1.29 is 9.53 Å². The first-order valence-electron chi connectivity index (χ1n) is 15.0. The SMILES string of the molecule is COc1ccc(CC(=O)N2CCC(Nc3nc(NC4CCC(N)CC4)nc4c3ncn4C3CCCC3)CC2)cc1. The van der Waals surface area contributed by atoms with Crippen molar-refractivity contribution in [2.45, 2.75) is 94.8 Å². The van der Waals surface area contributed by atoms with Crippen LogP contribution in [0.1, 0.15) is 75.8 Å². The van der Waals surface area contributed by atoms with Crippen molar-refractivity contribution >= 4 is 28.8 Å². The molecule has 4 N–H and O–H groups in total. The Labute approximate surface area is 236 Å². The molecular formula is C30H42N8O2. The second kappa shape index (κ2) is 12.0. The van der Waals surface area contributed by atoms with Gasteiger partial charge in [0, 0.05) is 37.3 Å². The zero-order valence-corrected chi connectivity index (χ0v) is 23.5. The first kappa shape index (κ1) is 26.8. The Kier molecular flexibility index (Phi) is 8.04. The Morgan fingerprint density at radius 2 is 1.65 bits per heavy atom. The monoisotopic (exact) mass is 546 g/mol. The highest BCUT2D eigenvalue weighted by molar-refractivity contribution is 5.84. The zero-order chi connectivity index (χ0) is 27.5. The molecule has 0 atom stereocenters. The number of nitrogens with two attached hydrogens (primary N) is 1. The van der Waals surface area contributed by atoms with Gasteiger partial charge in [0.05, 0.1) is 19.9 Å². The molecule has 3 fully saturated rings. The number of fused-ring (bicyclic) bond motifs is 1. The first-order valence-corrected chi connectivity index (χ1v) is 15.0. The van der Waals surface area contributed by atoms with Gasteiger partial charge < -0.3 is 30.6 Å². The van der Waals surface area contributed by atoms with Crippen LogP contribution in [0.3, 0.4) is 0 Å². The van der Waals surface area contributed by atoms with Crippen LogP contribution < -0.4 is 21.1 Å². The molecule has 1 aromatic carbocycles. The second-order valence-corrected chi connectivity index (χ2v) is 11.7. The predicted molar refractivity (Wildman–Crippen MR) is 157 cm³/mol. The summed E-state index contributed by atoms with van der Waals surface area (Å²) in [4.78, 5) is 29.7. The van der Waals surface area contributed by atoms with Crippen molar-refractivity contribution in [3.05, 3.63) is 36.2 Å². The molecule has 2 aromatic heterocycles. The molecule has 0 spiro atoms. The highest BCUT2D eigenvalue weighted by atomic mass is 16.5. The van der Waals surface area contributed by atoms with Gasteiger partial charge in [-0.15, -0.1) is 0 Å². The van der Waals surface area contributed by atoms with Crippen molar-refractivity contribution in [1.29, 1.82) is 0 Å². The fourth-order valence-corrected chi connectivity index (χ4v) is 6.47. The molecule has 2 aliphatic carbocycles. The van der Waals surface area contributed by atoms with Crippen molar-refractivity contribution in [3.8, 4) is 5.75 Å². The third-order valence-electron chi connectivity index (χ3n) is 8.95. The molecule has 3 aliphatic rings. The number of nitrogens with one attached hydrogen (secondary N) is 2. The van der Waals surface area contributed by atoms with Crippen LogP contribution in [0.2, 0.25) is 0 Å². The standard InChI is InChI=1S/C30H42N8O2/c1-40-25-12-6-20(7-13-25)18-26(39)37-16-14-23(15-17-37)33-28-27-29(38(19-32-27)24-4-2-3-5-24)36-30(35-28)34-22-10-8-21(31)9-11-22/h6-7,12-13,19,21-24H,2-5,8-11,14-18,31H2,1H3,(H2,33,34,35,36). The van der Waals surface area contributed by atoms with Gasteiger partial charge in [-0.05, 0) is 69.1 Å². The van der Waals surface area contributed by atoms with Gasteiger partial charge in [-0.25, -0.2) is 4.98 Å². The molecule has 10 heteroatoms. The molecule has 3 heterocycles. The number of carbonyl (C=O) groups excluding carboxylic acids is 1. The van der Waals surface area contributed by atoms with Crippen molar-refractivity contribution in [3.63, 3.8) is 0 Å². The molecule has 0 radical (unpaired) electrons. The number of hydrogen-bond acceptors (Lipinski definition) is 8. The summed E-state index contributed by atoms with van der Waals surface area (Å²) in [5, 5.41) is 7.31. The van der Waals surface area contributed by atoms with Gasteiger partial charge in [-0.2, -0.15) is 9.97 Å². The van der Waals surface area contributed by atoms with E-state index in [0.29, 0.717) is 30.5 Å². The summed E-state index contributed by atoms with van der Waals surface area (Å²) in [5.41, 5.74) is 8.89. The van der Waals surface area contributed by atoms with E-state index in [2.05, 4.69) is 15.2 Å². The molecular weight excluding hydrogens is 504 g/mol. The smallest absolute Gasteiger partial charge is 0.227 e. The Hall–Kier alpha value is -3.40. The summed E-state index contributed by atoms with van der Waals surface area (Å²) < 4.78 is 7.49. The van der Waals surface area contributed by atoms with E-state index < -0.39 is 0 Å². The highest BCUT2D eigenvalue weighted by Crippen LogP contribution is 2.34. The van der Waals surface area contributed by atoms with E-state index in [4.69, 9.17) is 25.4 Å². The number of rotatable bonds is 8. The van der Waals surface area contributed by atoms with E-state index in [0.717, 1.165) is 79.9 Å². The molecule has 1 saturated heterocycles. The Morgan fingerprint density at radius 3 is 2.35 bits per heavy atom. The molecule has 0 bridgehead atoms. The minimum atomic E-state index is 0.169. The van der Waals surface area contributed by atoms with E-state index >= 15 is 0 Å². The molecule has 214 valence electrons. The fraction of sp³-hybridized carbons (Fsp3) is 0.600. The van der Waals surface area contributed by atoms with Crippen LogP contribution in [0.25, 0.3) is 11.2 Å². The topological polar surface area (TPSA) is 123 Å². The molecule has 10 nitrogen and oxygen atoms in total. The molecule has 0 unspecified atom stereocenters. The van der Waals surface area contributed by atoms with Gasteiger partial charge >= 0.3 is 0 Å². The lowest BCUT2D eigenvalue weighted by Crippen LogP contribution is -2.43. The molecule has 1 amide bonds. The van der Waals surface area contributed by atoms with Gasteiger partial charge in [0.25, 0.3) is 0 Å². The van der Waals surface area contributed by atoms with Crippen molar-refractivity contribution in [2.75, 3.05) is 30.8 Å². The highest BCUT2D eigenvalue weighted by Gasteiger charge is 2.27. The number of hydrogen-bond donors (Lipinski definition) is 3. The van der Waals surface area contributed by atoms with E-state index in [-0.39, 0.29) is 11.9 Å². The maximum Gasteiger partial charge on any atom is 0.227 e. The quantitative estimate of drug-likeness (QED) is 0.383. The average Bonchev–Trinajstić information content (AvgIpc) is 3.65. The van der Waals surface area contributed by atoms with Crippen LogP contribution in [0.15, 0.2) is 30.6 Å². The third-order valence-corrected chi connectivity index (χ3v) is 8.95. The number of aromatic nitrogens is 4. The van der Waals surface area contributed by atoms with Gasteiger partial charge in [-0.1, -0.05) is 25.0 Å². The van der Waals surface area contributed by atoms with Crippen LogP contribution in [0.4, 0.5) is 11.8 Å². The van der Waals surface area contributed by atoms with E-state index in [1.54, 1.807) is 7.11 Å². The summed E-state index contributed by atoms with van der Waals surface area (Å²) in [5.74, 6) is 2.43. The number of nitrogens with zero attached hydrogens (tertiary/aromatic N) is 5. The number of carbonyl (C=O) groups is 1. The summed E-state index contributed by atoms with van der Waals surface area (Å²) in [7, 11) is 1.65. The van der Waals surface area contributed by atoms with E-state index in [9.17, 15) is 4.79 Å². The lowest BCUT2D eigenvalue weighted by Gasteiger charge is -2.33.